The first kappa shape index (κ1) is 35.8. The Labute approximate surface area is 297 Å². The second-order valence-electron chi connectivity index (χ2n) is 15.7. The predicted molar refractivity (Wildman–Crippen MR) is 198 cm³/mol. The average Bonchev–Trinajstić information content (AvgIpc) is 3.49. The van der Waals surface area contributed by atoms with Gasteiger partial charge in [0.15, 0.2) is 5.83 Å². The average molecular weight is 699 g/mol. The Bertz CT molecular complexity index is 1800. The molecule has 3 aliphatic rings. The molecule has 2 aliphatic heterocycles. The van der Waals surface area contributed by atoms with Gasteiger partial charge in [0.1, 0.15) is 18.2 Å². The van der Waals surface area contributed by atoms with Crippen LogP contribution in [0.3, 0.4) is 0 Å². The van der Waals surface area contributed by atoms with Crippen molar-refractivity contribution in [1.82, 2.24) is 19.8 Å². The van der Waals surface area contributed by atoms with Gasteiger partial charge in [-0.25, -0.2) is 4.39 Å². The third kappa shape index (κ3) is 7.37. The fraction of sp³-hybridized carbons (Fsp3) is 0.538. The summed E-state index contributed by atoms with van der Waals surface area (Å²) < 4.78 is 27.1. The lowest BCUT2D eigenvalue weighted by molar-refractivity contribution is -0.131. The molecule has 3 aromatic rings. The third-order valence-corrected chi connectivity index (χ3v) is 15.8. The number of piperazine rings is 1. The van der Waals surface area contributed by atoms with E-state index in [2.05, 4.69) is 99.8 Å². The SMILES string of the molecule is C=C(F)C(=O)N1CCN(c2nc(OC[C@@H]3CCCN3C)nc3c2CCC(c2cc(O[Si](C)(C)C(C)(C)C)cc4ccccc24)C3)CC1CC#N. The summed E-state index contributed by atoms with van der Waals surface area (Å²) in [5.74, 6) is 0.163. The molecule has 0 N–H and O–H groups in total. The quantitative estimate of drug-likeness (QED) is 0.172. The second kappa shape index (κ2) is 14.3. The highest BCUT2D eigenvalue weighted by atomic mass is 28.4. The van der Waals surface area contributed by atoms with Crippen molar-refractivity contribution in [3.05, 3.63) is 65.6 Å². The van der Waals surface area contributed by atoms with E-state index in [-0.39, 0.29) is 23.9 Å². The van der Waals surface area contributed by atoms with Crippen LogP contribution >= 0.6 is 0 Å². The molecule has 1 amide bonds. The summed E-state index contributed by atoms with van der Waals surface area (Å²) in [4.78, 5) is 28.6. The van der Waals surface area contributed by atoms with E-state index in [0.717, 1.165) is 61.5 Å². The van der Waals surface area contributed by atoms with E-state index in [1.165, 1.54) is 21.2 Å². The van der Waals surface area contributed by atoms with Crippen LogP contribution in [0.5, 0.6) is 11.8 Å². The van der Waals surface area contributed by atoms with Gasteiger partial charge in [-0.1, -0.05) is 51.6 Å². The summed E-state index contributed by atoms with van der Waals surface area (Å²) in [6.45, 7) is 17.2. The van der Waals surface area contributed by atoms with Crippen molar-refractivity contribution in [3.8, 4) is 17.8 Å². The predicted octanol–water partition coefficient (Wildman–Crippen LogP) is 7.17. The Balaban J connectivity index is 1.35. The van der Waals surface area contributed by atoms with Crippen LogP contribution in [0.25, 0.3) is 10.8 Å². The van der Waals surface area contributed by atoms with Crippen LogP contribution in [0.4, 0.5) is 10.2 Å². The highest BCUT2D eigenvalue weighted by Crippen LogP contribution is 2.43. The first-order valence-electron chi connectivity index (χ1n) is 18.0. The Kier molecular flexibility index (Phi) is 10.2. The Hall–Kier alpha value is -4.01. The lowest BCUT2D eigenvalue weighted by Gasteiger charge is -2.42. The zero-order chi connectivity index (χ0) is 35.8. The highest BCUT2D eigenvalue weighted by Gasteiger charge is 2.40. The van der Waals surface area contributed by atoms with Gasteiger partial charge in [0.25, 0.3) is 5.91 Å². The van der Waals surface area contributed by atoms with Gasteiger partial charge in [0.05, 0.1) is 24.2 Å². The van der Waals surface area contributed by atoms with Gasteiger partial charge in [-0.3, -0.25) is 4.79 Å². The van der Waals surface area contributed by atoms with E-state index >= 15 is 0 Å². The third-order valence-electron chi connectivity index (χ3n) is 11.4. The maximum atomic E-state index is 13.9. The number of nitrogens with zero attached hydrogens (tertiary/aromatic N) is 6. The maximum absolute atomic E-state index is 13.9. The minimum Gasteiger partial charge on any atom is -0.543 e. The molecular formula is C39H51FN6O3Si. The fourth-order valence-corrected chi connectivity index (χ4v) is 8.45. The maximum Gasteiger partial charge on any atom is 0.318 e. The Morgan fingerprint density at radius 3 is 2.60 bits per heavy atom. The number of likely N-dealkylation sites (N-methyl/N-ethyl adjacent to an activating group) is 1. The van der Waals surface area contributed by atoms with E-state index in [0.29, 0.717) is 31.7 Å². The number of carbonyl (C=O) groups excluding carboxylic acids is 1. The largest absolute Gasteiger partial charge is 0.543 e. The van der Waals surface area contributed by atoms with Crippen molar-refractivity contribution in [2.45, 2.75) is 95.4 Å². The number of ether oxygens (including phenoxy) is 1. The van der Waals surface area contributed by atoms with Crippen molar-refractivity contribution in [2.75, 3.05) is 44.7 Å². The van der Waals surface area contributed by atoms with E-state index in [4.69, 9.17) is 19.1 Å². The molecule has 11 heteroatoms. The normalized spacial score (nSPS) is 21.5. The smallest absolute Gasteiger partial charge is 0.318 e. The molecule has 3 heterocycles. The molecule has 0 bridgehead atoms. The zero-order valence-corrected chi connectivity index (χ0v) is 31.5. The molecule has 3 atom stereocenters. The van der Waals surface area contributed by atoms with E-state index in [1.807, 2.05) is 0 Å². The number of likely N-dealkylation sites (tertiary alicyclic amines) is 1. The lowest BCUT2D eigenvalue weighted by Crippen LogP contribution is -2.55. The minimum atomic E-state index is -2.07. The minimum absolute atomic E-state index is 0.0739. The van der Waals surface area contributed by atoms with Gasteiger partial charge < -0.3 is 23.9 Å². The van der Waals surface area contributed by atoms with Crippen LogP contribution in [0.1, 0.15) is 69.2 Å². The van der Waals surface area contributed by atoms with Crippen LogP contribution in [0.2, 0.25) is 18.1 Å². The fourth-order valence-electron chi connectivity index (χ4n) is 7.43. The summed E-state index contributed by atoms with van der Waals surface area (Å²) in [6.07, 6.45) is 4.70. The van der Waals surface area contributed by atoms with Gasteiger partial charge in [-0.15, -0.1) is 0 Å². The molecule has 1 aromatic heterocycles. The summed E-state index contributed by atoms with van der Waals surface area (Å²) in [6, 6.07) is 15.4. The molecule has 2 saturated heterocycles. The molecule has 50 heavy (non-hydrogen) atoms. The number of fused-ring (bicyclic) bond motifs is 2. The zero-order valence-electron chi connectivity index (χ0n) is 30.5. The summed E-state index contributed by atoms with van der Waals surface area (Å²) >= 11 is 0. The number of rotatable bonds is 9. The number of benzene rings is 2. The van der Waals surface area contributed by atoms with E-state index < -0.39 is 26.1 Å². The van der Waals surface area contributed by atoms with E-state index in [1.54, 1.807) is 0 Å². The molecule has 0 saturated carbocycles. The van der Waals surface area contributed by atoms with Crippen molar-refractivity contribution >= 4 is 30.8 Å². The number of aromatic nitrogens is 2. The number of carbonyl (C=O) groups is 1. The Morgan fingerprint density at radius 2 is 1.90 bits per heavy atom. The number of amides is 1. The van der Waals surface area contributed by atoms with Crippen molar-refractivity contribution in [1.29, 1.82) is 5.26 Å². The van der Waals surface area contributed by atoms with Crippen molar-refractivity contribution in [2.24, 2.45) is 0 Å². The number of anilines is 1. The van der Waals surface area contributed by atoms with Gasteiger partial charge in [-0.2, -0.15) is 15.2 Å². The summed E-state index contributed by atoms with van der Waals surface area (Å²) in [7, 11) is 0.0558. The topological polar surface area (TPSA) is 94.8 Å². The van der Waals surface area contributed by atoms with Crippen LogP contribution in [0, 0.1) is 11.3 Å². The van der Waals surface area contributed by atoms with Crippen LogP contribution in [0.15, 0.2) is 48.8 Å². The van der Waals surface area contributed by atoms with Crippen molar-refractivity contribution in [3.63, 3.8) is 0 Å². The first-order valence-corrected chi connectivity index (χ1v) is 20.9. The van der Waals surface area contributed by atoms with Crippen LogP contribution < -0.4 is 14.1 Å². The molecule has 2 unspecified atom stereocenters. The molecule has 6 rings (SSSR count). The number of nitriles is 1. The van der Waals surface area contributed by atoms with Gasteiger partial charge >= 0.3 is 6.01 Å². The van der Waals surface area contributed by atoms with E-state index in [9.17, 15) is 14.4 Å². The lowest BCUT2D eigenvalue weighted by atomic mass is 9.80. The van der Waals surface area contributed by atoms with Crippen LogP contribution in [-0.2, 0) is 17.6 Å². The molecular weight excluding hydrogens is 648 g/mol. The van der Waals surface area contributed by atoms with Crippen LogP contribution in [-0.4, -0.2) is 85.9 Å². The first-order chi connectivity index (χ1) is 23.8. The summed E-state index contributed by atoms with van der Waals surface area (Å²) in [5, 5.41) is 12.1. The monoisotopic (exact) mass is 698 g/mol. The molecule has 2 fully saturated rings. The van der Waals surface area contributed by atoms with Gasteiger partial charge in [0, 0.05) is 31.2 Å². The Morgan fingerprint density at radius 1 is 1.12 bits per heavy atom. The molecule has 0 spiro atoms. The van der Waals surface area contributed by atoms with Gasteiger partial charge in [-0.05, 0) is 98.2 Å². The number of hydrogen-bond acceptors (Lipinski definition) is 8. The molecule has 9 nitrogen and oxygen atoms in total. The summed E-state index contributed by atoms with van der Waals surface area (Å²) in [5.41, 5.74) is 3.31. The van der Waals surface area contributed by atoms with Crippen molar-refractivity contribution < 1.29 is 18.3 Å². The van der Waals surface area contributed by atoms with Gasteiger partial charge in [0.2, 0.25) is 8.32 Å². The molecule has 0 radical (unpaired) electrons. The molecule has 266 valence electrons. The number of halogens is 1. The molecule has 2 aromatic carbocycles. The highest BCUT2D eigenvalue weighted by molar-refractivity contribution is 6.74. The standard InChI is InChI=1S/C39H51FN6O3Si/c1-26(40)37(47)46-20-19-45(24-29(46)16-17-41)36-33-15-14-28(22-35(33)42-38(43-36)48-25-30-12-10-18-44(30)5)34-23-31(49-50(6,7)39(2,3)4)21-27-11-8-9-13-32(27)34/h8-9,11,13,21,23,28-30H,1,10,12,14-16,18-20,22,24-25H2,2-7H3/t28?,29?,30-/m0/s1. The number of hydrogen-bond donors (Lipinski definition) is 0. The second-order valence-corrected chi connectivity index (χ2v) is 20.5. The molecule has 1 aliphatic carbocycles.